The third kappa shape index (κ3) is 1.37. The monoisotopic (exact) mass is 205 g/mol. The summed E-state index contributed by atoms with van der Waals surface area (Å²) in [6.45, 7) is 0. The topological polar surface area (TPSA) is 19.9 Å². The molecule has 1 nitrogen and oxygen atoms in total. The van der Waals surface area contributed by atoms with E-state index in [2.05, 4.69) is 15.9 Å². The SMILES string of the molecule is [O]c1cccc(Br)c1Cl. The Kier molecular flexibility index (Phi) is 1.98. The summed E-state index contributed by atoms with van der Waals surface area (Å²) in [4.78, 5) is 0. The fourth-order valence-corrected chi connectivity index (χ4v) is 0.958. The molecular formula is C6H3BrClO. The second kappa shape index (κ2) is 2.58. The maximum Gasteiger partial charge on any atom is 0.198 e. The normalized spacial score (nSPS) is 9.56. The molecule has 1 aromatic rings. The van der Waals surface area contributed by atoms with Crippen LogP contribution in [0.25, 0.3) is 0 Å². The molecule has 0 heterocycles. The first-order chi connectivity index (χ1) is 4.22. The second-order valence-electron chi connectivity index (χ2n) is 1.55. The molecule has 3 heteroatoms. The lowest BCUT2D eigenvalue weighted by Gasteiger charge is -1.92. The molecule has 0 N–H and O–H groups in total. The van der Waals surface area contributed by atoms with Crippen LogP contribution in [0.2, 0.25) is 5.02 Å². The Bertz CT molecular complexity index is 204. The van der Waals surface area contributed by atoms with E-state index in [0.29, 0.717) is 4.47 Å². The van der Waals surface area contributed by atoms with Gasteiger partial charge in [-0.3, -0.25) is 5.11 Å². The molecule has 0 saturated heterocycles. The lowest BCUT2D eigenvalue weighted by atomic mass is 10.3. The second-order valence-corrected chi connectivity index (χ2v) is 2.78. The standard InChI is InChI=1S/C6H3BrClO/c7-4-2-1-3-5(9)6(4)8/h1-3H. The van der Waals surface area contributed by atoms with Gasteiger partial charge in [0.1, 0.15) is 5.02 Å². The molecule has 1 aromatic carbocycles. The predicted molar refractivity (Wildman–Crippen MR) is 39.3 cm³/mol. The fourth-order valence-electron chi connectivity index (χ4n) is 0.484. The molecule has 0 fully saturated rings. The van der Waals surface area contributed by atoms with E-state index in [9.17, 15) is 5.11 Å². The molecule has 0 aliphatic heterocycles. The third-order valence-electron chi connectivity index (χ3n) is 0.916. The molecular weight excluding hydrogens is 203 g/mol. The first kappa shape index (κ1) is 6.90. The summed E-state index contributed by atoms with van der Waals surface area (Å²) in [6.07, 6.45) is 0. The molecule has 9 heavy (non-hydrogen) atoms. The van der Waals surface area contributed by atoms with Gasteiger partial charge in [0, 0.05) is 4.47 Å². The van der Waals surface area contributed by atoms with Crippen molar-refractivity contribution in [2.24, 2.45) is 0 Å². The largest absolute Gasteiger partial charge is 0.288 e. The summed E-state index contributed by atoms with van der Waals surface area (Å²) >= 11 is 8.63. The molecule has 1 rings (SSSR count). The van der Waals surface area contributed by atoms with Crippen LogP contribution in [0, 0.1) is 0 Å². The van der Waals surface area contributed by atoms with Crippen molar-refractivity contribution in [2.45, 2.75) is 0 Å². The number of rotatable bonds is 0. The van der Waals surface area contributed by atoms with E-state index in [1.54, 1.807) is 12.1 Å². The average Bonchev–Trinajstić information content (AvgIpc) is 1.83. The first-order valence-electron chi connectivity index (χ1n) is 2.33. The zero-order valence-electron chi connectivity index (χ0n) is 4.40. The van der Waals surface area contributed by atoms with Crippen molar-refractivity contribution in [1.29, 1.82) is 0 Å². The minimum atomic E-state index is -0.147. The average molecular weight is 206 g/mol. The van der Waals surface area contributed by atoms with Crippen LogP contribution >= 0.6 is 27.5 Å². The fraction of sp³-hybridized carbons (Fsp3) is 0. The van der Waals surface area contributed by atoms with Crippen molar-refractivity contribution in [3.8, 4) is 5.75 Å². The molecule has 1 radical (unpaired) electrons. The number of hydrogen-bond donors (Lipinski definition) is 0. The molecule has 0 unspecified atom stereocenters. The number of hydrogen-bond acceptors (Lipinski definition) is 0. The molecule has 0 spiro atoms. The third-order valence-corrected chi connectivity index (χ3v) is 2.20. The van der Waals surface area contributed by atoms with Gasteiger partial charge < -0.3 is 0 Å². The van der Waals surface area contributed by atoms with Gasteiger partial charge in [-0.25, -0.2) is 0 Å². The van der Waals surface area contributed by atoms with Crippen molar-refractivity contribution >= 4 is 27.5 Å². The van der Waals surface area contributed by atoms with Crippen molar-refractivity contribution in [3.05, 3.63) is 27.7 Å². The van der Waals surface area contributed by atoms with E-state index in [4.69, 9.17) is 11.6 Å². The molecule has 0 aliphatic rings. The Hall–Kier alpha value is -0.210. The molecule has 47 valence electrons. The van der Waals surface area contributed by atoms with Crippen LogP contribution in [0.3, 0.4) is 0 Å². The Balaban J connectivity index is 3.25. The summed E-state index contributed by atoms with van der Waals surface area (Å²) in [5.41, 5.74) is 0. The van der Waals surface area contributed by atoms with Crippen molar-refractivity contribution in [1.82, 2.24) is 0 Å². The van der Waals surface area contributed by atoms with Gasteiger partial charge >= 0.3 is 0 Å². The van der Waals surface area contributed by atoms with E-state index in [0.717, 1.165) is 0 Å². The zero-order valence-corrected chi connectivity index (χ0v) is 6.74. The van der Waals surface area contributed by atoms with E-state index in [1.165, 1.54) is 6.07 Å². The van der Waals surface area contributed by atoms with Gasteiger partial charge in [-0.1, -0.05) is 17.7 Å². The maximum absolute atomic E-state index is 10.7. The molecule has 0 amide bonds. The summed E-state index contributed by atoms with van der Waals surface area (Å²) in [6, 6.07) is 4.80. The summed E-state index contributed by atoms with van der Waals surface area (Å²) in [7, 11) is 0. The number of benzene rings is 1. The van der Waals surface area contributed by atoms with Crippen molar-refractivity contribution in [3.63, 3.8) is 0 Å². The molecule has 0 aliphatic carbocycles. The van der Waals surface area contributed by atoms with E-state index in [1.807, 2.05) is 0 Å². The molecule has 0 saturated carbocycles. The van der Waals surface area contributed by atoms with Crippen molar-refractivity contribution < 1.29 is 5.11 Å². The van der Waals surface area contributed by atoms with Crippen LogP contribution in [0.5, 0.6) is 5.75 Å². The maximum atomic E-state index is 10.7. The van der Waals surface area contributed by atoms with Crippen LogP contribution in [0.15, 0.2) is 22.7 Å². The van der Waals surface area contributed by atoms with Crippen molar-refractivity contribution in [2.75, 3.05) is 0 Å². The van der Waals surface area contributed by atoms with Crippen LogP contribution in [-0.4, -0.2) is 0 Å². The number of halogens is 2. The quantitative estimate of drug-likeness (QED) is 0.621. The first-order valence-corrected chi connectivity index (χ1v) is 3.50. The smallest absolute Gasteiger partial charge is 0.198 e. The summed E-state index contributed by atoms with van der Waals surface area (Å²) in [5, 5.41) is 10.9. The zero-order chi connectivity index (χ0) is 6.85. The Morgan fingerprint density at radius 2 is 2.11 bits per heavy atom. The van der Waals surface area contributed by atoms with E-state index >= 15 is 0 Å². The van der Waals surface area contributed by atoms with Gasteiger partial charge in [0.15, 0.2) is 5.75 Å². The lowest BCUT2D eigenvalue weighted by molar-refractivity contribution is 0.355. The Morgan fingerprint density at radius 3 is 2.56 bits per heavy atom. The highest BCUT2D eigenvalue weighted by Gasteiger charge is 2.01. The minimum Gasteiger partial charge on any atom is -0.288 e. The lowest BCUT2D eigenvalue weighted by Crippen LogP contribution is -1.66. The molecule has 0 bridgehead atoms. The summed E-state index contributed by atoms with van der Waals surface area (Å²) in [5.74, 6) is -0.147. The van der Waals surface area contributed by atoms with Gasteiger partial charge in [0.2, 0.25) is 0 Å². The van der Waals surface area contributed by atoms with E-state index in [-0.39, 0.29) is 10.8 Å². The summed E-state index contributed by atoms with van der Waals surface area (Å²) < 4.78 is 0.650. The van der Waals surface area contributed by atoms with Crippen LogP contribution < -0.4 is 0 Å². The van der Waals surface area contributed by atoms with Gasteiger partial charge in [0.05, 0.1) is 0 Å². The highest BCUT2D eigenvalue weighted by molar-refractivity contribution is 9.10. The highest BCUT2D eigenvalue weighted by atomic mass is 79.9. The van der Waals surface area contributed by atoms with Gasteiger partial charge in [-0.05, 0) is 28.1 Å². The predicted octanol–water partition coefficient (Wildman–Crippen LogP) is 3.25. The van der Waals surface area contributed by atoms with E-state index < -0.39 is 0 Å². The van der Waals surface area contributed by atoms with Gasteiger partial charge in [0.25, 0.3) is 0 Å². The Labute approximate surface area is 66.4 Å². The minimum absolute atomic E-state index is 0.147. The Morgan fingerprint density at radius 1 is 1.44 bits per heavy atom. The van der Waals surface area contributed by atoms with Gasteiger partial charge in [-0.2, -0.15) is 0 Å². The van der Waals surface area contributed by atoms with Crippen LogP contribution in [0.4, 0.5) is 0 Å². The molecule has 0 aromatic heterocycles. The molecule has 0 atom stereocenters. The van der Waals surface area contributed by atoms with Crippen LogP contribution in [0.1, 0.15) is 0 Å². The van der Waals surface area contributed by atoms with Crippen LogP contribution in [-0.2, 0) is 5.11 Å². The van der Waals surface area contributed by atoms with Gasteiger partial charge in [-0.15, -0.1) is 0 Å². The highest BCUT2D eigenvalue weighted by Crippen LogP contribution is 2.30.